The van der Waals surface area contributed by atoms with E-state index in [0.29, 0.717) is 30.0 Å². The molecule has 0 saturated carbocycles. The van der Waals surface area contributed by atoms with E-state index in [1.807, 2.05) is 36.4 Å². The van der Waals surface area contributed by atoms with Gasteiger partial charge in [-0.1, -0.05) is 24.3 Å². The first-order valence-corrected chi connectivity index (χ1v) is 12.5. The molecule has 3 amide bonds. The number of nitrogens with two attached hydrogens (primary N) is 1. The number of carbonyl (C=O) groups is 2. The molecule has 0 spiro atoms. The lowest BCUT2D eigenvalue weighted by molar-refractivity contribution is -0.120. The van der Waals surface area contributed by atoms with E-state index in [1.165, 1.54) is 18.3 Å². The van der Waals surface area contributed by atoms with Crippen LogP contribution in [-0.2, 0) is 9.53 Å². The average molecular weight is 512 g/mol. The second kappa shape index (κ2) is 9.42. The number of imide groups is 1. The van der Waals surface area contributed by atoms with Crippen molar-refractivity contribution in [2.75, 3.05) is 18.9 Å². The van der Waals surface area contributed by atoms with Gasteiger partial charge in [-0.25, -0.2) is 9.18 Å². The average Bonchev–Trinajstić information content (AvgIpc) is 3.44. The highest BCUT2D eigenvalue weighted by Gasteiger charge is 2.32. The van der Waals surface area contributed by atoms with Gasteiger partial charge in [0.05, 0.1) is 5.52 Å². The predicted molar refractivity (Wildman–Crippen MR) is 143 cm³/mol. The second-order valence-electron chi connectivity index (χ2n) is 9.62. The zero-order valence-electron chi connectivity index (χ0n) is 20.5. The van der Waals surface area contributed by atoms with Gasteiger partial charge in [0, 0.05) is 58.9 Å². The molecule has 1 atom stereocenters. The third-order valence-electron chi connectivity index (χ3n) is 7.36. The molecule has 9 heteroatoms. The number of amides is 3. The van der Waals surface area contributed by atoms with Crippen molar-refractivity contribution < 1.29 is 18.7 Å². The molecule has 4 aromatic rings. The first-order chi connectivity index (χ1) is 18.4. The summed E-state index contributed by atoms with van der Waals surface area (Å²) in [6.45, 7) is 1.27. The molecule has 0 bridgehead atoms. The van der Waals surface area contributed by atoms with Gasteiger partial charge in [0.1, 0.15) is 11.9 Å². The summed E-state index contributed by atoms with van der Waals surface area (Å²) in [7, 11) is 0. The Morgan fingerprint density at radius 3 is 2.37 bits per heavy atom. The fourth-order valence-corrected chi connectivity index (χ4v) is 5.53. The molecular weight excluding hydrogens is 485 g/mol. The Bertz CT molecular complexity index is 1570. The van der Waals surface area contributed by atoms with Crippen LogP contribution < -0.4 is 16.4 Å². The minimum atomic E-state index is -0.738. The van der Waals surface area contributed by atoms with Gasteiger partial charge in [-0.3, -0.25) is 10.1 Å². The van der Waals surface area contributed by atoms with Crippen LogP contribution in [0.4, 0.5) is 14.9 Å². The lowest BCUT2D eigenvalue weighted by atomic mass is 9.89. The Hall–Kier alpha value is -4.50. The maximum absolute atomic E-state index is 13.9. The van der Waals surface area contributed by atoms with Gasteiger partial charge in [0.15, 0.2) is 0 Å². The molecular formula is C29H26FN5O3. The Kier molecular flexibility index (Phi) is 5.92. The number of nitrogens with one attached hydrogen (secondary N) is 3. The number of anilines is 1. The summed E-state index contributed by atoms with van der Waals surface area (Å²) in [5.41, 5.74) is 12.8. The van der Waals surface area contributed by atoms with Crippen LogP contribution >= 0.6 is 0 Å². The van der Waals surface area contributed by atoms with E-state index in [4.69, 9.17) is 15.9 Å². The number of urea groups is 1. The number of rotatable bonds is 5. The van der Waals surface area contributed by atoms with Crippen LogP contribution in [0.5, 0.6) is 0 Å². The van der Waals surface area contributed by atoms with E-state index < -0.39 is 12.1 Å². The van der Waals surface area contributed by atoms with Gasteiger partial charge in [0.2, 0.25) is 0 Å². The molecule has 2 aliphatic heterocycles. The molecule has 3 heterocycles. The quantitative estimate of drug-likeness (QED) is 0.175. The SMILES string of the molecule is N=Cc1cc2c(cc1N)c(-c1ccc(C3NC(=O)NC3=O)cc1)c(C1CCOCC1)n2-c1ccc(F)cc1. The molecule has 8 nitrogen and oxygen atoms in total. The number of benzene rings is 3. The summed E-state index contributed by atoms with van der Waals surface area (Å²) in [6, 6.07) is 16.5. The molecule has 2 aliphatic rings. The molecule has 6 rings (SSSR count). The normalized spacial score (nSPS) is 18.0. The molecule has 0 radical (unpaired) electrons. The van der Waals surface area contributed by atoms with E-state index in [-0.39, 0.29) is 17.6 Å². The number of ether oxygens (including phenoxy) is 1. The summed E-state index contributed by atoms with van der Waals surface area (Å²) in [6.07, 6.45) is 2.88. The van der Waals surface area contributed by atoms with Gasteiger partial charge in [-0.2, -0.15) is 0 Å². The number of hydrogen-bond donors (Lipinski definition) is 4. The summed E-state index contributed by atoms with van der Waals surface area (Å²) >= 11 is 0. The predicted octanol–water partition coefficient (Wildman–Crippen LogP) is 4.79. The molecule has 1 aromatic heterocycles. The highest BCUT2D eigenvalue weighted by Crippen LogP contribution is 2.44. The van der Waals surface area contributed by atoms with Crippen LogP contribution in [0.25, 0.3) is 27.7 Å². The van der Waals surface area contributed by atoms with Crippen molar-refractivity contribution in [3.63, 3.8) is 0 Å². The standard InChI is InChI=1S/C29H26FN5O3/c30-20-5-7-21(8-6-20)35-24-13-19(15-31)23(32)14-22(24)25(27(35)18-9-11-38-12-10-18)16-1-3-17(4-2-16)26-28(36)34-29(37)33-26/h1-8,13-15,18,26,31H,9-12,32H2,(H2,33,34,36,37). The molecule has 192 valence electrons. The zero-order valence-corrected chi connectivity index (χ0v) is 20.5. The molecule has 5 N–H and O–H groups in total. The largest absolute Gasteiger partial charge is 0.398 e. The van der Waals surface area contributed by atoms with Crippen molar-refractivity contribution in [1.29, 1.82) is 5.41 Å². The molecule has 1 unspecified atom stereocenters. The first-order valence-electron chi connectivity index (χ1n) is 12.5. The Morgan fingerprint density at radius 1 is 1.03 bits per heavy atom. The topological polar surface area (TPSA) is 122 Å². The summed E-state index contributed by atoms with van der Waals surface area (Å²) in [5, 5.41) is 13.7. The first kappa shape index (κ1) is 23.9. The van der Waals surface area contributed by atoms with E-state index >= 15 is 0 Å². The van der Waals surface area contributed by atoms with Crippen molar-refractivity contribution in [3.05, 3.63) is 83.3 Å². The van der Waals surface area contributed by atoms with Crippen LogP contribution in [-0.4, -0.2) is 35.9 Å². The number of halogens is 1. The van der Waals surface area contributed by atoms with E-state index in [2.05, 4.69) is 15.2 Å². The second-order valence-corrected chi connectivity index (χ2v) is 9.62. The van der Waals surface area contributed by atoms with Gasteiger partial charge < -0.3 is 25.8 Å². The summed E-state index contributed by atoms with van der Waals surface area (Å²) < 4.78 is 21.7. The van der Waals surface area contributed by atoms with Crippen LogP contribution in [0.3, 0.4) is 0 Å². The molecule has 38 heavy (non-hydrogen) atoms. The van der Waals surface area contributed by atoms with E-state index in [1.54, 1.807) is 12.1 Å². The smallest absolute Gasteiger partial charge is 0.322 e. The van der Waals surface area contributed by atoms with Crippen molar-refractivity contribution in [1.82, 2.24) is 15.2 Å². The fraction of sp³-hybridized carbons (Fsp3) is 0.207. The van der Waals surface area contributed by atoms with Gasteiger partial charge in [-0.15, -0.1) is 0 Å². The Labute approximate surface area is 218 Å². The van der Waals surface area contributed by atoms with Crippen molar-refractivity contribution in [3.8, 4) is 16.8 Å². The van der Waals surface area contributed by atoms with Gasteiger partial charge >= 0.3 is 6.03 Å². The molecule has 2 saturated heterocycles. The minimum absolute atomic E-state index is 0.167. The molecule has 0 aliphatic carbocycles. The van der Waals surface area contributed by atoms with Crippen LogP contribution in [0, 0.1) is 11.2 Å². The lowest BCUT2D eigenvalue weighted by Gasteiger charge is -2.26. The monoisotopic (exact) mass is 511 g/mol. The summed E-state index contributed by atoms with van der Waals surface area (Å²) in [4.78, 5) is 23.8. The minimum Gasteiger partial charge on any atom is -0.398 e. The number of nitrogens with zero attached hydrogens (tertiary/aromatic N) is 1. The number of carbonyl (C=O) groups excluding carboxylic acids is 2. The van der Waals surface area contributed by atoms with Crippen LogP contribution in [0.2, 0.25) is 0 Å². The lowest BCUT2D eigenvalue weighted by Crippen LogP contribution is -2.22. The van der Waals surface area contributed by atoms with E-state index in [9.17, 15) is 14.0 Å². The maximum Gasteiger partial charge on any atom is 0.322 e. The Balaban J connectivity index is 1.61. The van der Waals surface area contributed by atoms with Crippen LogP contribution in [0.15, 0.2) is 60.7 Å². The zero-order chi connectivity index (χ0) is 26.4. The van der Waals surface area contributed by atoms with Crippen LogP contribution in [0.1, 0.15) is 41.6 Å². The maximum atomic E-state index is 13.9. The summed E-state index contributed by atoms with van der Waals surface area (Å²) in [5.74, 6) is -0.535. The van der Waals surface area contributed by atoms with Gasteiger partial charge in [0.25, 0.3) is 5.91 Å². The molecule has 3 aromatic carbocycles. The highest BCUT2D eigenvalue weighted by atomic mass is 19.1. The van der Waals surface area contributed by atoms with Crippen molar-refractivity contribution >= 4 is 34.7 Å². The van der Waals surface area contributed by atoms with Crippen molar-refractivity contribution in [2.45, 2.75) is 24.8 Å². The third kappa shape index (κ3) is 4.01. The Morgan fingerprint density at radius 2 is 1.74 bits per heavy atom. The number of nitrogen functional groups attached to an aromatic ring is 1. The van der Waals surface area contributed by atoms with Gasteiger partial charge in [-0.05, 0) is 60.4 Å². The third-order valence-corrected chi connectivity index (χ3v) is 7.36. The van der Waals surface area contributed by atoms with Crippen molar-refractivity contribution in [2.24, 2.45) is 0 Å². The van der Waals surface area contributed by atoms with E-state index in [0.717, 1.165) is 46.3 Å². The number of fused-ring (bicyclic) bond motifs is 1. The number of aromatic nitrogens is 1. The highest BCUT2D eigenvalue weighted by molar-refractivity contribution is 6.06. The molecule has 2 fully saturated rings. The number of hydrogen-bond acceptors (Lipinski definition) is 5. The fourth-order valence-electron chi connectivity index (χ4n) is 5.53.